The molecule has 1 aliphatic rings. The van der Waals surface area contributed by atoms with Crippen LogP contribution in [0.5, 0.6) is 5.75 Å². The minimum absolute atomic E-state index is 0.0551. The molecule has 5 aromatic rings. The van der Waals surface area contributed by atoms with E-state index in [4.69, 9.17) is 7.85 Å². The molecule has 1 amide bonds. The predicted octanol–water partition coefficient (Wildman–Crippen LogP) is 3.09. The second-order valence-corrected chi connectivity index (χ2v) is 8.87. The molecule has 3 aromatic heterocycles. The number of carbonyl (C=O) groups excluding carboxylic acids is 1. The number of benzene rings is 2. The summed E-state index contributed by atoms with van der Waals surface area (Å²) in [4.78, 5) is 22.8. The Morgan fingerprint density at radius 3 is 2.77 bits per heavy atom. The van der Waals surface area contributed by atoms with Crippen molar-refractivity contribution in [2.24, 2.45) is 0 Å². The van der Waals surface area contributed by atoms with Crippen molar-refractivity contribution in [2.75, 3.05) is 18.4 Å². The summed E-state index contributed by atoms with van der Waals surface area (Å²) in [6.45, 7) is 1.31. The van der Waals surface area contributed by atoms with E-state index >= 15 is 0 Å². The zero-order chi connectivity index (χ0) is 23.9. The first-order valence-electron chi connectivity index (χ1n) is 11.6. The van der Waals surface area contributed by atoms with Gasteiger partial charge in [0.05, 0.1) is 5.69 Å². The molecule has 0 aliphatic carbocycles. The van der Waals surface area contributed by atoms with Gasteiger partial charge in [-0.15, -0.1) is 0 Å². The molecular weight excluding hydrogens is 439 g/mol. The lowest BCUT2D eigenvalue weighted by atomic mass is 10.0. The van der Waals surface area contributed by atoms with Gasteiger partial charge in [0, 0.05) is 59.6 Å². The number of likely N-dealkylation sites (tertiary alicyclic amines) is 1. The van der Waals surface area contributed by atoms with Gasteiger partial charge < -0.3 is 20.3 Å². The number of hydrogen-bond acceptors (Lipinski definition) is 5. The van der Waals surface area contributed by atoms with Crippen molar-refractivity contribution in [2.45, 2.75) is 18.9 Å². The van der Waals surface area contributed by atoms with Gasteiger partial charge in [0.15, 0.2) is 5.65 Å². The lowest BCUT2D eigenvalue weighted by Gasteiger charge is -2.33. The maximum absolute atomic E-state index is 13.1. The Kier molecular flexibility index (Phi) is 5.17. The van der Waals surface area contributed by atoms with E-state index in [1.165, 1.54) is 0 Å². The zero-order valence-electron chi connectivity index (χ0n) is 19.0. The molecule has 0 bridgehead atoms. The number of hydrogen-bond donors (Lipinski definition) is 3. The highest BCUT2D eigenvalue weighted by molar-refractivity contribution is 6.36. The summed E-state index contributed by atoms with van der Waals surface area (Å²) in [6.07, 6.45) is 5.05. The number of para-hydroxylation sites is 1. The normalized spacial score (nSPS) is 14.6. The van der Waals surface area contributed by atoms with Crippen LogP contribution in [0, 0.1) is 0 Å². The van der Waals surface area contributed by atoms with E-state index in [2.05, 4.69) is 20.4 Å². The van der Waals surface area contributed by atoms with Crippen molar-refractivity contribution in [1.29, 1.82) is 0 Å². The molecule has 1 saturated heterocycles. The summed E-state index contributed by atoms with van der Waals surface area (Å²) in [5.41, 5.74) is 3.96. The summed E-state index contributed by atoms with van der Waals surface area (Å²) < 4.78 is 1.68. The highest BCUT2D eigenvalue weighted by atomic mass is 16.3. The number of nitrogens with zero attached hydrogens (tertiary/aromatic N) is 4. The maximum Gasteiger partial charge on any atom is 0.253 e. The summed E-state index contributed by atoms with van der Waals surface area (Å²) in [5, 5.41) is 19.3. The number of rotatable bonds is 4. The second kappa shape index (κ2) is 8.50. The largest absolute Gasteiger partial charge is 0.507 e. The molecule has 9 heteroatoms. The molecule has 0 saturated carbocycles. The van der Waals surface area contributed by atoms with Crippen LogP contribution in [0.2, 0.25) is 0 Å². The second-order valence-electron chi connectivity index (χ2n) is 8.87. The molecule has 8 nitrogen and oxygen atoms in total. The van der Waals surface area contributed by atoms with E-state index in [1.54, 1.807) is 22.8 Å². The lowest BCUT2D eigenvalue weighted by molar-refractivity contribution is 0.0718. The third kappa shape index (κ3) is 3.88. The number of phenols is 1. The molecule has 6 rings (SSSR count). The van der Waals surface area contributed by atoms with Crippen LogP contribution in [0.1, 0.15) is 23.2 Å². The van der Waals surface area contributed by atoms with Crippen molar-refractivity contribution < 1.29 is 9.90 Å². The molecule has 0 spiro atoms. The summed E-state index contributed by atoms with van der Waals surface area (Å²) in [6, 6.07) is 16.8. The van der Waals surface area contributed by atoms with Gasteiger partial charge in [0.1, 0.15) is 19.4 Å². The molecule has 2 radical (unpaired) electrons. The molecule has 0 unspecified atom stereocenters. The van der Waals surface area contributed by atoms with E-state index in [0.717, 1.165) is 29.6 Å². The monoisotopic (exact) mass is 462 g/mol. The van der Waals surface area contributed by atoms with E-state index < -0.39 is 0 Å². The van der Waals surface area contributed by atoms with E-state index in [1.807, 2.05) is 53.6 Å². The van der Waals surface area contributed by atoms with Gasteiger partial charge in [-0.1, -0.05) is 12.1 Å². The minimum Gasteiger partial charge on any atom is -0.507 e. The van der Waals surface area contributed by atoms with Gasteiger partial charge in [0.2, 0.25) is 0 Å². The van der Waals surface area contributed by atoms with Gasteiger partial charge in [-0.25, -0.2) is 4.98 Å². The molecule has 2 aromatic carbocycles. The maximum atomic E-state index is 13.1. The quantitative estimate of drug-likeness (QED) is 0.357. The fourth-order valence-corrected chi connectivity index (χ4v) is 4.72. The van der Waals surface area contributed by atoms with Gasteiger partial charge in [-0.3, -0.25) is 4.79 Å². The van der Waals surface area contributed by atoms with E-state index in [9.17, 15) is 9.90 Å². The number of carbonyl (C=O) groups is 1. The van der Waals surface area contributed by atoms with Crippen LogP contribution in [0.4, 0.5) is 5.82 Å². The van der Waals surface area contributed by atoms with Gasteiger partial charge in [-0.2, -0.15) is 9.61 Å². The Morgan fingerprint density at radius 1 is 1.11 bits per heavy atom. The third-order valence-corrected chi connectivity index (χ3v) is 6.61. The first-order valence-corrected chi connectivity index (χ1v) is 11.6. The topological polar surface area (TPSA) is 98.6 Å². The SMILES string of the molecule is [B]c1cnn2c(NC3CCN(C(=O)c4ccc5[nH]ccc5c4)CC3)cc(-c3ccccc3O)nc12. The first-order chi connectivity index (χ1) is 17.1. The van der Waals surface area contributed by atoms with Crippen molar-refractivity contribution in [3.05, 3.63) is 72.6 Å². The third-order valence-electron chi connectivity index (χ3n) is 6.61. The Balaban J connectivity index is 1.21. The first kappa shape index (κ1) is 21.3. The number of piperidine rings is 1. The van der Waals surface area contributed by atoms with E-state index in [0.29, 0.717) is 41.0 Å². The van der Waals surface area contributed by atoms with Crippen LogP contribution in [-0.4, -0.2) is 62.5 Å². The van der Waals surface area contributed by atoms with Crippen LogP contribution in [0.3, 0.4) is 0 Å². The number of amides is 1. The van der Waals surface area contributed by atoms with Crippen molar-refractivity contribution >= 4 is 41.6 Å². The summed E-state index contributed by atoms with van der Waals surface area (Å²) in [5.74, 6) is 0.949. The zero-order valence-corrected chi connectivity index (χ0v) is 19.0. The average Bonchev–Trinajstić information content (AvgIpc) is 3.50. The van der Waals surface area contributed by atoms with Crippen molar-refractivity contribution in [3.8, 4) is 17.0 Å². The molecule has 0 atom stereocenters. The lowest BCUT2D eigenvalue weighted by Crippen LogP contribution is -2.42. The number of anilines is 1. The van der Waals surface area contributed by atoms with Gasteiger partial charge in [-0.05, 0) is 54.7 Å². The smallest absolute Gasteiger partial charge is 0.253 e. The average molecular weight is 462 g/mol. The number of aromatic nitrogens is 4. The van der Waals surface area contributed by atoms with Crippen LogP contribution in [0.15, 0.2) is 67.0 Å². The number of aromatic amines is 1. The number of nitrogens with one attached hydrogen (secondary N) is 2. The van der Waals surface area contributed by atoms with Crippen LogP contribution in [-0.2, 0) is 0 Å². The standard InChI is InChI=1S/C26H23BN6O2/c27-20-15-29-33-24(14-22(31-25(20)33)19-3-1-2-4-23(19)34)30-18-8-11-32(12-9-18)26(35)17-5-6-21-16(13-17)7-10-28-21/h1-7,10,13-15,18,28,30,34H,8-9,11-12H2. The Morgan fingerprint density at radius 2 is 1.94 bits per heavy atom. The number of fused-ring (bicyclic) bond motifs is 2. The fourth-order valence-electron chi connectivity index (χ4n) is 4.72. The van der Waals surface area contributed by atoms with Crippen LogP contribution >= 0.6 is 0 Å². The minimum atomic E-state index is 0.0551. The molecule has 1 aliphatic heterocycles. The summed E-state index contributed by atoms with van der Waals surface area (Å²) >= 11 is 0. The molecule has 4 heterocycles. The molecule has 172 valence electrons. The highest BCUT2D eigenvalue weighted by Crippen LogP contribution is 2.30. The predicted molar refractivity (Wildman–Crippen MR) is 136 cm³/mol. The number of aromatic hydroxyl groups is 1. The van der Waals surface area contributed by atoms with Gasteiger partial charge >= 0.3 is 0 Å². The van der Waals surface area contributed by atoms with Crippen LogP contribution in [0.25, 0.3) is 27.8 Å². The molecular formula is C26H23BN6O2. The van der Waals surface area contributed by atoms with E-state index in [-0.39, 0.29) is 17.7 Å². The molecule has 3 N–H and O–H groups in total. The fraction of sp³-hybridized carbons (Fsp3) is 0.192. The number of phenolic OH excluding ortho intramolecular Hbond substituents is 1. The van der Waals surface area contributed by atoms with Crippen molar-refractivity contribution in [3.63, 3.8) is 0 Å². The van der Waals surface area contributed by atoms with Crippen LogP contribution < -0.4 is 10.8 Å². The Bertz CT molecular complexity index is 1550. The number of H-pyrrole nitrogens is 1. The molecule has 1 fully saturated rings. The summed E-state index contributed by atoms with van der Waals surface area (Å²) in [7, 11) is 6.12. The highest BCUT2D eigenvalue weighted by Gasteiger charge is 2.25. The molecule has 35 heavy (non-hydrogen) atoms. The van der Waals surface area contributed by atoms with Gasteiger partial charge in [0.25, 0.3) is 5.91 Å². The van der Waals surface area contributed by atoms with Crippen molar-refractivity contribution in [1.82, 2.24) is 24.5 Å². The Labute approximate surface area is 203 Å². The Hall–Kier alpha value is -4.27.